The molecule has 3 heteroatoms. The summed E-state index contributed by atoms with van der Waals surface area (Å²) in [6.07, 6.45) is 4.08. The third kappa shape index (κ3) is 2.93. The average Bonchev–Trinajstić information content (AvgIpc) is 2.69. The first-order chi connectivity index (χ1) is 5.70. The minimum absolute atomic E-state index is 0.0399. The molecule has 3 N–H and O–H groups in total. The SMILES string of the molecule is C=CCN(CCO)CC1(N)CC1. The normalized spacial score (nSPS) is 19.6. The highest BCUT2D eigenvalue weighted by atomic mass is 16.3. The molecule has 0 aromatic heterocycles. The van der Waals surface area contributed by atoms with Crippen LogP contribution in [-0.2, 0) is 0 Å². The second kappa shape index (κ2) is 4.03. The average molecular weight is 170 g/mol. The van der Waals surface area contributed by atoms with Crippen molar-refractivity contribution in [1.82, 2.24) is 4.90 Å². The van der Waals surface area contributed by atoms with Crippen LogP contribution in [0.5, 0.6) is 0 Å². The standard InChI is InChI=1S/C9H18N2O/c1-2-5-11(6-7-12)8-9(10)3-4-9/h2,12H,1,3-8,10H2. The Morgan fingerprint density at radius 2 is 2.25 bits per heavy atom. The van der Waals surface area contributed by atoms with Crippen LogP contribution in [0.25, 0.3) is 0 Å². The zero-order valence-corrected chi connectivity index (χ0v) is 7.50. The van der Waals surface area contributed by atoms with Crippen molar-refractivity contribution in [1.29, 1.82) is 0 Å². The number of hydrogen-bond donors (Lipinski definition) is 2. The zero-order valence-electron chi connectivity index (χ0n) is 7.50. The van der Waals surface area contributed by atoms with Crippen LogP contribution in [0.1, 0.15) is 12.8 Å². The molecule has 0 spiro atoms. The summed E-state index contributed by atoms with van der Waals surface area (Å²) in [7, 11) is 0. The predicted molar refractivity (Wildman–Crippen MR) is 49.9 cm³/mol. The lowest BCUT2D eigenvalue weighted by molar-refractivity contribution is 0.198. The molecule has 0 radical (unpaired) electrons. The Kier molecular flexibility index (Phi) is 3.26. The monoisotopic (exact) mass is 170 g/mol. The van der Waals surface area contributed by atoms with E-state index < -0.39 is 0 Å². The molecule has 0 aromatic rings. The fourth-order valence-corrected chi connectivity index (χ4v) is 1.32. The fourth-order valence-electron chi connectivity index (χ4n) is 1.32. The number of nitrogens with zero attached hydrogens (tertiary/aromatic N) is 1. The number of rotatable bonds is 6. The second-order valence-electron chi connectivity index (χ2n) is 3.61. The van der Waals surface area contributed by atoms with Gasteiger partial charge in [0.2, 0.25) is 0 Å². The van der Waals surface area contributed by atoms with Gasteiger partial charge in [0.25, 0.3) is 0 Å². The molecule has 3 nitrogen and oxygen atoms in total. The Morgan fingerprint density at radius 3 is 2.67 bits per heavy atom. The Hall–Kier alpha value is -0.380. The van der Waals surface area contributed by atoms with Gasteiger partial charge in [0.15, 0.2) is 0 Å². The van der Waals surface area contributed by atoms with Crippen LogP contribution in [0, 0.1) is 0 Å². The van der Waals surface area contributed by atoms with Crippen molar-refractivity contribution in [3.63, 3.8) is 0 Å². The molecule has 12 heavy (non-hydrogen) atoms. The quantitative estimate of drug-likeness (QED) is 0.550. The van der Waals surface area contributed by atoms with E-state index in [2.05, 4.69) is 11.5 Å². The van der Waals surface area contributed by atoms with Crippen LogP contribution in [-0.4, -0.2) is 41.8 Å². The van der Waals surface area contributed by atoms with Crippen LogP contribution in [0.3, 0.4) is 0 Å². The van der Waals surface area contributed by atoms with Crippen LogP contribution in [0.4, 0.5) is 0 Å². The van der Waals surface area contributed by atoms with Gasteiger partial charge in [-0.15, -0.1) is 6.58 Å². The Bertz CT molecular complexity index is 155. The van der Waals surface area contributed by atoms with E-state index in [9.17, 15) is 0 Å². The molecule has 0 unspecified atom stereocenters. The van der Waals surface area contributed by atoms with Gasteiger partial charge in [0, 0.05) is 25.2 Å². The van der Waals surface area contributed by atoms with Crippen molar-refractivity contribution >= 4 is 0 Å². The van der Waals surface area contributed by atoms with E-state index in [1.54, 1.807) is 0 Å². The first kappa shape index (κ1) is 9.71. The second-order valence-corrected chi connectivity index (χ2v) is 3.61. The number of hydrogen-bond acceptors (Lipinski definition) is 3. The number of aliphatic hydroxyl groups excluding tert-OH is 1. The molecule has 0 aliphatic heterocycles. The highest BCUT2D eigenvalue weighted by Crippen LogP contribution is 2.32. The van der Waals surface area contributed by atoms with Crippen molar-refractivity contribution in [3.8, 4) is 0 Å². The molecule has 0 saturated heterocycles. The Labute approximate surface area is 73.9 Å². The lowest BCUT2D eigenvalue weighted by Gasteiger charge is -2.22. The van der Waals surface area contributed by atoms with Crippen molar-refractivity contribution in [2.75, 3.05) is 26.2 Å². The summed E-state index contributed by atoms with van der Waals surface area (Å²) in [6, 6.07) is 0. The summed E-state index contributed by atoms with van der Waals surface area (Å²) >= 11 is 0. The summed E-state index contributed by atoms with van der Waals surface area (Å²) in [5, 5.41) is 8.76. The minimum atomic E-state index is 0.0399. The third-order valence-electron chi connectivity index (χ3n) is 2.23. The van der Waals surface area contributed by atoms with E-state index in [-0.39, 0.29) is 12.1 Å². The maximum Gasteiger partial charge on any atom is 0.0558 e. The predicted octanol–water partition coefficient (Wildman–Crippen LogP) is -0.0420. The maximum atomic E-state index is 8.76. The molecule has 70 valence electrons. The first-order valence-corrected chi connectivity index (χ1v) is 4.43. The van der Waals surface area contributed by atoms with Gasteiger partial charge < -0.3 is 10.8 Å². The molecule has 1 fully saturated rings. The highest BCUT2D eigenvalue weighted by molar-refractivity contribution is 5.01. The van der Waals surface area contributed by atoms with Gasteiger partial charge in [-0.25, -0.2) is 0 Å². The van der Waals surface area contributed by atoms with E-state index >= 15 is 0 Å². The Morgan fingerprint density at radius 1 is 1.58 bits per heavy atom. The van der Waals surface area contributed by atoms with Gasteiger partial charge in [-0.1, -0.05) is 6.08 Å². The van der Waals surface area contributed by atoms with E-state index in [0.717, 1.165) is 25.9 Å². The summed E-state index contributed by atoms with van der Waals surface area (Å²) in [6.45, 7) is 6.27. The van der Waals surface area contributed by atoms with Gasteiger partial charge in [-0.2, -0.15) is 0 Å². The molecule has 1 aliphatic carbocycles. The fraction of sp³-hybridized carbons (Fsp3) is 0.778. The smallest absolute Gasteiger partial charge is 0.0558 e. The summed E-state index contributed by atoms with van der Waals surface area (Å²) < 4.78 is 0. The molecule has 0 heterocycles. The minimum Gasteiger partial charge on any atom is -0.395 e. The van der Waals surface area contributed by atoms with Gasteiger partial charge in [-0.3, -0.25) is 4.90 Å². The number of nitrogens with two attached hydrogens (primary N) is 1. The van der Waals surface area contributed by atoms with E-state index in [1.165, 1.54) is 0 Å². The van der Waals surface area contributed by atoms with Gasteiger partial charge in [-0.05, 0) is 12.8 Å². The van der Waals surface area contributed by atoms with Crippen molar-refractivity contribution < 1.29 is 5.11 Å². The van der Waals surface area contributed by atoms with Gasteiger partial charge in [0.05, 0.1) is 6.61 Å². The molecule has 1 aliphatic rings. The molecule has 1 rings (SSSR count). The molecule has 1 saturated carbocycles. The first-order valence-electron chi connectivity index (χ1n) is 4.43. The zero-order chi connectivity index (χ0) is 9.03. The van der Waals surface area contributed by atoms with E-state index in [1.807, 2.05) is 6.08 Å². The summed E-state index contributed by atoms with van der Waals surface area (Å²) in [5.74, 6) is 0. The molecule has 0 aromatic carbocycles. The molecule has 0 amide bonds. The Balaban J connectivity index is 2.26. The summed E-state index contributed by atoms with van der Waals surface area (Å²) in [4.78, 5) is 2.14. The van der Waals surface area contributed by atoms with E-state index in [0.29, 0.717) is 6.54 Å². The highest BCUT2D eigenvalue weighted by Gasteiger charge is 2.39. The third-order valence-corrected chi connectivity index (χ3v) is 2.23. The van der Waals surface area contributed by atoms with Crippen molar-refractivity contribution in [2.45, 2.75) is 18.4 Å². The number of aliphatic hydroxyl groups is 1. The lowest BCUT2D eigenvalue weighted by Crippen LogP contribution is -2.40. The molecular formula is C9H18N2O. The molecule has 0 atom stereocenters. The molecule has 0 bridgehead atoms. The van der Waals surface area contributed by atoms with E-state index in [4.69, 9.17) is 10.8 Å². The van der Waals surface area contributed by atoms with Crippen LogP contribution < -0.4 is 5.73 Å². The summed E-state index contributed by atoms with van der Waals surface area (Å²) in [5.41, 5.74) is 5.99. The van der Waals surface area contributed by atoms with Crippen LogP contribution in [0.15, 0.2) is 12.7 Å². The van der Waals surface area contributed by atoms with Crippen molar-refractivity contribution in [3.05, 3.63) is 12.7 Å². The maximum absolute atomic E-state index is 8.76. The van der Waals surface area contributed by atoms with Gasteiger partial charge in [0.1, 0.15) is 0 Å². The van der Waals surface area contributed by atoms with Crippen molar-refractivity contribution in [2.24, 2.45) is 5.73 Å². The van der Waals surface area contributed by atoms with Crippen LogP contribution >= 0.6 is 0 Å². The van der Waals surface area contributed by atoms with Gasteiger partial charge >= 0.3 is 0 Å². The van der Waals surface area contributed by atoms with Crippen LogP contribution in [0.2, 0.25) is 0 Å². The largest absolute Gasteiger partial charge is 0.395 e. The molecular weight excluding hydrogens is 152 g/mol. The topological polar surface area (TPSA) is 49.5 Å². The lowest BCUT2D eigenvalue weighted by atomic mass is 10.2.